The first-order valence-electron chi connectivity index (χ1n) is 9.34. The summed E-state index contributed by atoms with van der Waals surface area (Å²) in [5, 5.41) is 19.1. The van der Waals surface area contributed by atoms with Crippen LogP contribution in [-0.4, -0.2) is 41.3 Å². The van der Waals surface area contributed by atoms with Crippen LogP contribution < -0.4 is 9.80 Å². The fraction of sp³-hybridized carbons (Fsp3) is 0.300. The first kappa shape index (κ1) is 18.1. The van der Waals surface area contributed by atoms with E-state index in [-0.39, 0.29) is 11.7 Å². The third-order valence-corrected chi connectivity index (χ3v) is 5.28. The van der Waals surface area contributed by atoms with Crippen molar-refractivity contribution in [1.29, 1.82) is 0 Å². The lowest BCUT2D eigenvalue weighted by atomic mass is 10.2. The van der Waals surface area contributed by atoms with Crippen molar-refractivity contribution in [3.05, 3.63) is 70.6 Å². The predicted octanol–water partition coefficient (Wildman–Crippen LogP) is 2.11. The molecule has 1 saturated heterocycles. The molecule has 2 heterocycles. The predicted molar refractivity (Wildman–Crippen MR) is 104 cm³/mol. The van der Waals surface area contributed by atoms with E-state index in [0.29, 0.717) is 17.3 Å². The molecule has 0 amide bonds. The Kier molecular flexibility index (Phi) is 5.03. The molecule has 1 aliphatic heterocycles. The molecule has 0 bridgehead atoms. The molecule has 0 unspecified atom stereocenters. The number of nitro benzene ring substituents is 1. The maximum atomic E-state index is 10.8. The van der Waals surface area contributed by atoms with Crippen molar-refractivity contribution in [3.8, 4) is 11.5 Å². The van der Waals surface area contributed by atoms with E-state index in [1.807, 2.05) is 6.07 Å². The van der Waals surface area contributed by atoms with Crippen LogP contribution in [0.3, 0.4) is 0 Å². The first-order chi connectivity index (χ1) is 13.6. The monoisotopic (exact) mass is 380 g/mol. The number of anilines is 1. The van der Waals surface area contributed by atoms with Crippen LogP contribution in [0.15, 0.2) is 59.0 Å². The van der Waals surface area contributed by atoms with Crippen molar-refractivity contribution in [2.45, 2.75) is 13.0 Å². The average molecular weight is 380 g/mol. The van der Waals surface area contributed by atoms with E-state index in [1.54, 1.807) is 12.1 Å². The van der Waals surface area contributed by atoms with Gasteiger partial charge in [-0.3, -0.25) is 10.1 Å². The molecule has 8 heteroatoms. The number of aromatic nitrogens is 2. The molecule has 3 aromatic rings. The highest BCUT2D eigenvalue weighted by atomic mass is 16.6. The van der Waals surface area contributed by atoms with Crippen molar-refractivity contribution in [1.82, 2.24) is 10.2 Å². The van der Waals surface area contributed by atoms with Gasteiger partial charge in [-0.2, -0.15) is 0 Å². The Morgan fingerprint density at radius 2 is 1.75 bits per heavy atom. The highest BCUT2D eigenvalue weighted by Gasteiger charge is 2.29. The minimum Gasteiger partial charge on any atom is -0.415 e. The number of quaternary nitrogens is 1. The zero-order chi connectivity index (χ0) is 19.5. The van der Waals surface area contributed by atoms with Crippen LogP contribution in [0.25, 0.3) is 11.5 Å². The number of piperazine rings is 1. The molecule has 28 heavy (non-hydrogen) atoms. The van der Waals surface area contributed by atoms with Crippen LogP contribution in [0.2, 0.25) is 0 Å². The number of nitrogens with one attached hydrogen (secondary N) is 1. The molecule has 2 aromatic carbocycles. The van der Waals surface area contributed by atoms with Gasteiger partial charge in [-0.05, 0) is 31.2 Å². The normalized spacial score (nSPS) is 16.1. The van der Waals surface area contributed by atoms with Crippen molar-refractivity contribution in [2.24, 2.45) is 0 Å². The molecule has 1 atom stereocenters. The number of benzene rings is 2. The van der Waals surface area contributed by atoms with Crippen molar-refractivity contribution < 1.29 is 14.2 Å². The summed E-state index contributed by atoms with van der Waals surface area (Å²) in [6.07, 6.45) is 0. The van der Waals surface area contributed by atoms with E-state index >= 15 is 0 Å². The third-order valence-electron chi connectivity index (χ3n) is 5.28. The fourth-order valence-electron chi connectivity index (χ4n) is 3.55. The van der Waals surface area contributed by atoms with E-state index in [1.165, 1.54) is 22.7 Å². The van der Waals surface area contributed by atoms with Gasteiger partial charge in [-0.1, -0.05) is 18.2 Å². The molecule has 1 aromatic heterocycles. The fourth-order valence-corrected chi connectivity index (χ4v) is 3.55. The van der Waals surface area contributed by atoms with E-state index in [4.69, 9.17) is 4.42 Å². The molecule has 144 valence electrons. The van der Waals surface area contributed by atoms with Gasteiger partial charge in [0.1, 0.15) is 0 Å². The van der Waals surface area contributed by atoms with Gasteiger partial charge < -0.3 is 14.2 Å². The maximum Gasteiger partial charge on any atom is 0.274 e. The van der Waals surface area contributed by atoms with Gasteiger partial charge in [0, 0.05) is 23.4 Å². The number of rotatable bonds is 5. The zero-order valence-corrected chi connectivity index (χ0v) is 15.6. The average Bonchev–Trinajstić information content (AvgIpc) is 3.24. The number of nitro groups is 1. The summed E-state index contributed by atoms with van der Waals surface area (Å²) in [6, 6.07) is 16.7. The van der Waals surface area contributed by atoms with Gasteiger partial charge in [-0.15, -0.1) is 10.2 Å². The quantitative estimate of drug-likeness (QED) is 0.539. The van der Waals surface area contributed by atoms with Gasteiger partial charge in [0.2, 0.25) is 5.89 Å². The van der Waals surface area contributed by atoms with E-state index in [9.17, 15) is 10.1 Å². The molecule has 1 fully saturated rings. The summed E-state index contributed by atoms with van der Waals surface area (Å²) in [5.74, 6) is 0.982. The topological polar surface area (TPSA) is 89.7 Å². The number of hydrogen-bond donors (Lipinski definition) is 1. The van der Waals surface area contributed by atoms with Gasteiger partial charge in [0.15, 0.2) is 6.04 Å². The maximum absolute atomic E-state index is 10.8. The van der Waals surface area contributed by atoms with Gasteiger partial charge in [0.25, 0.3) is 11.6 Å². The van der Waals surface area contributed by atoms with Gasteiger partial charge in [0.05, 0.1) is 31.1 Å². The Hall–Kier alpha value is -3.26. The van der Waals surface area contributed by atoms with Crippen LogP contribution in [0.1, 0.15) is 18.9 Å². The van der Waals surface area contributed by atoms with Gasteiger partial charge >= 0.3 is 0 Å². The summed E-state index contributed by atoms with van der Waals surface area (Å²) in [6.45, 7) is 6.04. The smallest absolute Gasteiger partial charge is 0.274 e. The van der Waals surface area contributed by atoms with Crippen LogP contribution in [0.4, 0.5) is 11.4 Å². The summed E-state index contributed by atoms with van der Waals surface area (Å²) in [7, 11) is 0. The summed E-state index contributed by atoms with van der Waals surface area (Å²) in [4.78, 5) is 14.2. The molecule has 4 rings (SSSR count). The Balaban J connectivity index is 1.41. The molecular formula is C20H22N5O3+. The molecule has 0 radical (unpaired) electrons. The second kappa shape index (κ2) is 7.77. The standard InChI is InChI=1S/C20H21N5O3/c1-15(23-11-13-24(14-12-23)17-5-3-2-4-6-17)19-21-22-20(28-19)16-7-9-18(10-8-16)25(26)27/h2-10,15H,11-14H2,1H3/p+1/t15-/m1/s1. The Morgan fingerprint density at radius 1 is 1.07 bits per heavy atom. The van der Waals surface area contributed by atoms with E-state index in [2.05, 4.69) is 46.3 Å². The van der Waals surface area contributed by atoms with Crippen LogP contribution in [0, 0.1) is 10.1 Å². The molecule has 0 spiro atoms. The van der Waals surface area contributed by atoms with E-state index in [0.717, 1.165) is 26.2 Å². The first-order valence-corrected chi connectivity index (χ1v) is 9.34. The summed E-state index contributed by atoms with van der Waals surface area (Å²) >= 11 is 0. The zero-order valence-electron chi connectivity index (χ0n) is 15.6. The molecule has 1 N–H and O–H groups in total. The lowest BCUT2D eigenvalue weighted by molar-refractivity contribution is -0.931. The SMILES string of the molecule is C[C@H](c1nnc(-c2ccc([N+](=O)[O-])cc2)o1)[NH+]1CCN(c2ccccc2)CC1. The van der Waals surface area contributed by atoms with Crippen molar-refractivity contribution in [3.63, 3.8) is 0 Å². The summed E-state index contributed by atoms with van der Waals surface area (Å²) < 4.78 is 5.87. The number of nitrogens with zero attached hydrogens (tertiary/aromatic N) is 4. The number of non-ortho nitro benzene ring substituents is 1. The summed E-state index contributed by atoms with van der Waals surface area (Å²) in [5.41, 5.74) is 1.98. The minimum absolute atomic E-state index is 0.0394. The van der Waals surface area contributed by atoms with Crippen molar-refractivity contribution in [2.75, 3.05) is 31.1 Å². The lowest BCUT2D eigenvalue weighted by Crippen LogP contribution is -3.14. The highest BCUT2D eigenvalue weighted by Crippen LogP contribution is 2.22. The van der Waals surface area contributed by atoms with Crippen molar-refractivity contribution >= 4 is 11.4 Å². The van der Waals surface area contributed by atoms with Crippen LogP contribution in [0.5, 0.6) is 0 Å². The lowest BCUT2D eigenvalue weighted by Gasteiger charge is -2.35. The largest absolute Gasteiger partial charge is 0.415 e. The van der Waals surface area contributed by atoms with Crippen LogP contribution in [-0.2, 0) is 0 Å². The second-order valence-corrected chi connectivity index (χ2v) is 6.95. The number of para-hydroxylation sites is 1. The second-order valence-electron chi connectivity index (χ2n) is 6.95. The molecule has 0 saturated carbocycles. The highest BCUT2D eigenvalue weighted by molar-refractivity contribution is 5.55. The minimum atomic E-state index is -0.427. The molecule has 8 nitrogen and oxygen atoms in total. The van der Waals surface area contributed by atoms with Gasteiger partial charge in [-0.25, -0.2) is 0 Å². The molecule has 0 aliphatic carbocycles. The van der Waals surface area contributed by atoms with E-state index < -0.39 is 4.92 Å². The molecular weight excluding hydrogens is 358 g/mol. The molecule has 1 aliphatic rings. The Morgan fingerprint density at radius 3 is 2.39 bits per heavy atom. The van der Waals surface area contributed by atoms with Crippen LogP contribution >= 0.6 is 0 Å². The number of hydrogen-bond acceptors (Lipinski definition) is 6. The third kappa shape index (κ3) is 3.72. The Labute approximate surface area is 162 Å². The Bertz CT molecular complexity index is 934.